The predicted octanol–water partition coefficient (Wildman–Crippen LogP) is 1.42. The average molecular weight is 322 g/mol. The zero-order valence-corrected chi connectivity index (χ0v) is 14.3. The van der Waals surface area contributed by atoms with E-state index < -0.39 is 6.10 Å². The van der Waals surface area contributed by atoms with Gasteiger partial charge >= 0.3 is 0 Å². The van der Waals surface area contributed by atoms with Gasteiger partial charge in [0.05, 0.1) is 26.9 Å². The van der Waals surface area contributed by atoms with E-state index in [4.69, 9.17) is 9.47 Å². The third kappa shape index (κ3) is 3.59. The minimum atomic E-state index is -0.701. The molecule has 0 bridgehead atoms. The quantitative estimate of drug-likeness (QED) is 0.858. The van der Waals surface area contributed by atoms with Gasteiger partial charge in [0.25, 0.3) is 0 Å². The fourth-order valence-corrected chi connectivity index (χ4v) is 3.13. The maximum Gasteiger partial charge on any atom is 0.236 e. The molecule has 1 aliphatic heterocycles. The molecule has 1 amide bonds. The SMILES string of the molecule is CCN(CC)C(=O)CN1Cc2c(OC)ccc(OC)c2[C@@H](O)C1. The third-order valence-corrected chi connectivity index (χ3v) is 4.34. The Morgan fingerprint density at radius 1 is 1.26 bits per heavy atom. The van der Waals surface area contributed by atoms with Crippen LogP contribution in [-0.4, -0.2) is 61.2 Å². The molecule has 6 nitrogen and oxygen atoms in total. The Bertz CT molecular complexity index is 558. The summed E-state index contributed by atoms with van der Waals surface area (Å²) < 4.78 is 10.8. The molecule has 2 rings (SSSR count). The second-order valence-corrected chi connectivity index (χ2v) is 5.61. The van der Waals surface area contributed by atoms with E-state index >= 15 is 0 Å². The Kier molecular flexibility index (Phi) is 5.85. The van der Waals surface area contributed by atoms with Crippen molar-refractivity contribution < 1.29 is 19.4 Å². The van der Waals surface area contributed by atoms with Crippen molar-refractivity contribution in [3.05, 3.63) is 23.3 Å². The van der Waals surface area contributed by atoms with Gasteiger partial charge in [-0.3, -0.25) is 9.69 Å². The van der Waals surface area contributed by atoms with Crippen LogP contribution in [-0.2, 0) is 11.3 Å². The maximum atomic E-state index is 12.3. The molecule has 0 fully saturated rings. The number of nitrogens with zero attached hydrogens (tertiary/aromatic N) is 2. The van der Waals surface area contributed by atoms with Gasteiger partial charge in [-0.1, -0.05) is 0 Å². The summed E-state index contributed by atoms with van der Waals surface area (Å²) in [6.07, 6.45) is -0.701. The number of benzene rings is 1. The molecule has 23 heavy (non-hydrogen) atoms. The standard InChI is InChI=1S/C17H26N2O4/c1-5-19(6-2)16(21)11-18-9-12-14(22-3)7-8-15(23-4)17(12)13(20)10-18/h7-8,13,20H,5-6,9-11H2,1-4H3/t13-/m0/s1. The lowest BCUT2D eigenvalue weighted by Gasteiger charge is -2.34. The number of ether oxygens (including phenoxy) is 2. The van der Waals surface area contributed by atoms with Gasteiger partial charge < -0.3 is 19.5 Å². The van der Waals surface area contributed by atoms with E-state index in [1.165, 1.54) is 0 Å². The monoisotopic (exact) mass is 322 g/mol. The molecule has 1 aromatic rings. The van der Waals surface area contributed by atoms with Crippen molar-refractivity contribution >= 4 is 5.91 Å². The second-order valence-electron chi connectivity index (χ2n) is 5.61. The van der Waals surface area contributed by atoms with Crippen molar-refractivity contribution in [3.8, 4) is 11.5 Å². The molecule has 0 saturated carbocycles. The van der Waals surface area contributed by atoms with Crippen LogP contribution in [0.5, 0.6) is 11.5 Å². The van der Waals surface area contributed by atoms with Gasteiger partial charge in [-0.05, 0) is 26.0 Å². The van der Waals surface area contributed by atoms with Crippen molar-refractivity contribution in [2.24, 2.45) is 0 Å². The second kappa shape index (κ2) is 7.66. The number of hydrogen-bond acceptors (Lipinski definition) is 5. The molecule has 0 saturated heterocycles. The van der Waals surface area contributed by atoms with Gasteiger partial charge in [0.2, 0.25) is 5.91 Å². The van der Waals surface area contributed by atoms with Crippen LogP contribution in [0.2, 0.25) is 0 Å². The van der Waals surface area contributed by atoms with Crippen molar-refractivity contribution in [2.75, 3.05) is 40.4 Å². The lowest BCUT2D eigenvalue weighted by molar-refractivity contribution is -0.132. The Morgan fingerprint density at radius 3 is 2.43 bits per heavy atom. The highest BCUT2D eigenvalue weighted by molar-refractivity contribution is 5.78. The van der Waals surface area contributed by atoms with E-state index in [9.17, 15) is 9.90 Å². The van der Waals surface area contributed by atoms with Gasteiger partial charge in [0.15, 0.2) is 0 Å². The van der Waals surface area contributed by atoms with E-state index in [1.807, 2.05) is 24.8 Å². The highest BCUT2D eigenvalue weighted by atomic mass is 16.5. The molecule has 1 N–H and O–H groups in total. The van der Waals surface area contributed by atoms with Crippen molar-refractivity contribution in [1.82, 2.24) is 9.80 Å². The maximum absolute atomic E-state index is 12.3. The first kappa shape index (κ1) is 17.6. The summed E-state index contributed by atoms with van der Waals surface area (Å²) in [4.78, 5) is 16.1. The molecule has 1 atom stereocenters. The normalized spacial score (nSPS) is 17.5. The number of aliphatic hydroxyl groups is 1. The van der Waals surface area contributed by atoms with E-state index in [0.29, 0.717) is 44.2 Å². The fourth-order valence-electron chi connectivity index (χ4n) is 3.13. The molecule has 1 heterocycles. The molecule has 0 unspecified atom stereocenters. The number of carbonyl (C=O) groups excluding carboxylic acids is 1. The van der Waals surface area contributed by atoms with E-state index in [2.05, 4.69) is 0 Å². The highest BCUT2D eigenvalue weighted by Crippen LogP contribution is 2.39. The zero-order valence-electron chi connectivity index (χ0n) is 14.3. The first-order chi connectivity index (χ1) is 11.0. The largest absolute Gasteiger partial charge is 0.496 e. The van der Waals surface area contributed by atoms with Crippen LogP contribution in [0.3, 0.4) is 0 Å². The van der Waals surface area contributed by atoms with E-state index in [1.54, 1.807) is 25.2 Å². The summed E-state index contributed by atoms with van der Waals surface area (Å²) in [5.74, 6) is 1.44. The van der Waals surface area contributed by atoms with Crippen molar-refractivity contribution in [3.63, 3.8) is 0 Å². The fraction of sp³-hybridized carbons (Fsp3) is 0.588. The molecule has 1 aliphatic rings. The molecule has 0 radical (unpaired) electrons. The van der Waals surface area contributed by atoms with Gasteiger partial charge in [-0.25, -0.2) is 0 Å². The van der Waals surface area contributed by atoms with Crippen LogP contribution in [0.25, 0.3) is 0 Å². The molecule has 0 spiro atoms. The topological polar surface area (TPSA) is 62.2 Å². The van der Waals surface area contributed by atoms with Crippen LogP contribution < -0.4 is 9.47 Å². The first-order valence-corrected chi connectivity index (χ1v) is 7.97. The average Bonchev–Trinajstić information content (AvgIpc) is 2.54. The summed E-state index contributed by atoms with van der Waals surface area (Å²) in [6, 6.07) is 3.64. The first-order valence-electron chi connectivity index (χ1n) is 7.97. The third-order valence-electron chi connectivity index (χ3n) is 4.34. The number of aliphatic hydroxyl groups excluding tert-OH is 1. The van der Waals surface area contributed by atoms with Crippen molar-refractivity contribution in [1.29, 1.82) is 0 Å². The molecule has 1 aromatic carbocycles. The van der Waals surface area contributed by atoms with Crippen LogP contribution in [0.1, 0.15) is 31.1 Å². The molecule has 0 aromatic heterocycles. The minimum absolute atomic E-state index is 0.0764. The minimum Gasteiger partial charge on any atom is -0.496 e. The summed E-state index contributed by atoms with van der Waals surface area (Å²) >= 11 is 0. The van der Waals surface area contributed by atoms with Crippen molar-refractivity contribution in [2.45, 2.75) is 26.5 Å². The Labute approximate surface area is 137 Å². The number of methoxy groups -OCH3 is 2. The number of hydrogen-bond donors (Lipinski definition) is 1. The zero-order chi connectivity index (χ0) is 17.0. The molecule has 0 aliphatic carbocycles. The lowest BCUT2D eigenvalue weighted by Crippen LogP contribution is -2.43. The Balaban J connectivity index is 2.24. The summed E-state index contributed by atoms with van der Waals surface area (Å²) in [5.41, 5.74) is 1.65. The number of carbonyl (C=O) groups is 1. The van der Waals surface area contributed by atoms with Gasteiger partial charge in [-0.15, -0.1) is 0 Å². The summed E-state index contributed by atoms with van der Waals surface area (Å²) in [6.45, 7) is 6.58. The summed E-state index contributed by atoms with van der Waals surface area (Å²) in [7, 11) is 3.19. The van der Waals surface area contributed by atoms with Gasteiger partial charge in [-0.2, -0.15) is 0 Å². The smallest absolute Gasteiger partial charge is 0.236 e. The van der Waals surface area contributed by atoms with Crippen LogP contribution in [0.4, 0.5) is 0 Å². The van der Waals surface area contributed by atoms with E-state index in [-0.39, 0.29) is 5.91 Å². The van der Waals surface area contributed by atoms with Crippen LogP contribution in [0, 0.1) is 0 Å². The summed E-state index contributed by atoms with van der Waals surface area (Å²) in [5, 5.41) is 10.5. The Hall–Kier alpha value is -1.79. The Morgan fingerprint density at radius 2 is 1.87 bits per heavy atom. The molecular weight excluding hydrogens is 296 g/mol. The number of likely N-dealkylation sites (N-methyl/N-ethyl adjacent to an activating group) is 1. The van der Waals surface area contributed by atoms with Gasteiger partial charge in [0, 0.05) is 37.3 Å². The molecule has 6 heteroatoms. The lowest BCUT2D eigenvalue weighted by atomic mass is 9.95. The molecular formula is C17H26N2O4. The number of fused-ring (bicyclic) bond motifs is 1. The highest BCUT2D eigenvalue weighted by Gasteiger charge is 2.30. The van der Waals surface area contributed by atoms with Gasteiger partial charge in [0.1, 0.15) is 11.5 Å². The van der Waals surface area contributed by atoms with E-state index in [0.717, 1.165) is 11.1 Å². The predicted molar refractivity (Wildman–Crippen MR) is 87.7 cm³/mol. The van der Waals surface area contributed by atoms with Crippen LogP contribution >= 0.6 is 0 Å². The molecule has 128 valence electrons. The number of β-amino-alcohol motifs (C(OH)–C–C–N with tert-alkyl or cyclic N) is 1. The number of amides is 1. The number of rotatable bonds is 6. The van der Waals surface area contributed by atoms with Crippen LogP contribution in [0.15, 0.2) is 12.1 Å².